The van der Waals surface area contributed by atoms with Gasteiger partial charge < -0.3 is 5.73 Å². The summed E-state index contributed by atoms with van der Waals surface area (Å²) < 4.78 is 13.1. The van der Waals surface area contributed by atoms with Gasteiger partial charge in [0.2, 0.25) is 5.91 Å². The van der Waals surface area contributed by atoms with E-state index in [1.54, 1.807) is 12.1 Å². The third-order valence-corrected chi connectivity index (χ3v) is 1.99. The van der Waals surface area contributed by atoms with E-state index < -0.39 is 5.91 Å². The van der Waals surface area contributed by atoms with Crippen molar-refractivity contribution in [1.82, 2.24) is 0 Å². The van der Waals surface area contributed by atoms with Crippen LogP contribution >= 0.6 is 15.9 Å². The van der Waals surface area contributed by atoms with Crippen molar-refractivity contribution in [3.63, 3.8) is 0 Å². The molecule has 2 nitrogen and oxygen atoms in total. The van der Waals surface area contributed by atoms with Crippen molar-refractivity contribution >= 4 is 27.9 Å². The molecule has 1 aromatic rings. The lowest BCUT2D eigenvalue weighted by Crippen LogP contribution is -2.05. The zero-order valence-electron chi connectivity index (χ0n) is 6.63. The lowest BCUT2D eigenvalue weighted by atomic mass is 10.2. The van der Waals surface area contributed by atoms with Crippen LogP contribution in [0.15, 0.2) is 28.7 Å². The molecule has 0 saturated heterocycles. The third-order valence-electron chi connectivity index (χ3n) is 1.38. The molecule has 0 atom stereocenters. The second-order valence-corrected chi connectivity index (χ2v) is 3.26. The summed E-state index contributed by atoms with van der Waals surface area (Å²) in [5, 5.41) is 0. The van der Waals surface area contributed by atoms with E-state index in [0.717, 1.165) is 0 Å². The van der Waals surface area contributed by atoms with Crippen LogP contribution in [0.1, 0.15) is 5.56 Å². The first-order valence-corrected chi connectivity index (χ1v) is 4.31. The summed E-state index contributed by atoms with van der Waals surface area (Å²) in [6.07, 6.45) is 2.74. The van der Waals surface area contributed by atoms with Crippen LogP contribution in [0.4, 0.5) is 4.39 Å². The maximum atomic E-state index is 12.7. The van der Waals surface area contributed by atoms with Gasteiger partial charge in [-0.2, -0.15) is 0 Å². The molecule has 0 radical (unpaired) electrons. The van der Waals surface area contributed by atoms with Gasteiger partial charge >= 0.3 is 0 Å². The average molecular weight is 244 g/mol. The molecule has 68 valence electrons. The van der Waals surface area contributed by atoms with Crippen LogP contribution in [0.3, 0.4) is 0 Å². The highest BCUT2D eigenvalue weighted by atomic mass is 79.9. The van der Waals surface area contributed by atoms with Crippen LogP contribution in [0.25, 0.3) is 6.08 Å². The van der Waals surface area contributed by atoms with Crippen molar-refractivity contribution in [3.05, 3.63) is 40.1 Å². The molecule has 1 aromatic carbocycles. The van der Waals surface area contributed by atoms with Crippen LogP contribution in [-0.2, 0) is 4.79 Å². The second kappa shape index (κ2) is 4.18. The summed E-state index contributed by atoms with van der Waals surface area (Å²) in [5.41, 5.74) is 5.61. The predicted octanol–water partition coefficient (Wildman–Crippen LogP) is 2.09. The molecule has 1 rings (SSSR count). The first-order chi connectivity index (χ1) is 6.09. The normalized spacial score (nSPS) is 10.6. The molecular weight excluding hydrogens is 237 g/mol. The summed E-state index contributed by atoms with van der Waals surface area (Å²) in [4.78, 5) is 10.4. The smallest absolute Gasteiger partial charge is 0.241 e. The Morgan fingerprint density at radius 3 is 2.77 bits per heavy atom. The maximum Gasteiger partial charge on any atom is 0.241 e. The number of amides is 1. The van der Waals surface area contributed by atoms with Gasteiger partial charge in [-0.25, -0.2) is 4.39 Å². The zero-order valence-corrected chi connectivity index (χ0v) is 8.21. The SMILES string of the molecule is NC(=O)C=Cc1ccc(F)c(Br)c1. The largest absolute Gasteiger partial charge is 0.366 e. The van der Waals surface area contributed by atoms with Crippen molar-refractivity contribution in [2.45, 2.75) is 0 Å². The van der Waals surface area contributed by atoms with Crippen molar-refractivity contribution < 1.29 is 9.18 Å². The molecule has 4 heteroatoms. The van der Waals surface area contributed by atoms with Gasteiger partial charge in [0.15, 0.2) is 0 Å². The maximum absolute atomic E-state index is 12.7. The fourth-order valence-electron chi connectivity index (χ4n) is 0.794. The second-order valence-electron chi connectivity index (χ2n) is 2.41. The van der Waals surface area contributed by atoms with E-state index in [0.29, 0.717) is 10.0 Å². The summed E-state index contributed by atoms with van der Waals surface area (Å²) in [5.74, 6) is -0.864. The van der Waals surface area contributed by atoms with Crippen molar-refractivity contribution in [2.24, 2.45) is 5.73 Å². The van der Waals surface area contributed by atoms with Crippen LogP contribution in [0.2, 0.25) is 0 Å². The minimum absolute atomic E-state index is 0.337. The average Bonchev–Trinajstić information content (AvgIpc) is 2.07. The quantitative estimate of drug-likeness (QED) is 0.795. The molecule has 2 N–H and O–H groups in total. The number of hydrogen-bond acceptors (Lipinski definition) is 1. The van der Waals surface area contributed by atoms with Gasteiger partial charge in [0.25, 0.3) is 0 Å². The molecule has 13 heavy (non-hydrogen) atoms. The Kier molecular flexibility index (Phi) is 3.19. The van der Waals surface area contributed by atoms with E-state index in [4.69, 9.17) is 5.73 Å². The highest BCUT2D eigenvalue weighted by molar-refractivity contribution is 9.10. The number of primary amides is 1. The highest BCUT2D eigenvalue weighted by Crippen LogP contribution is 2.17. The van der Waals surface area contributed by atoms with E-state index >= 15 is 0 Å². The standard InChI is InChI=1S/C9H7BrFNO/c10-7-5-6(1-3-8(7)11)2-4-9(12)13/h1-5H,(H2,12,13). The fraction of sp³-hybridized carbons (Fsp3) is 0. The highest BCUT2D eigenvalue weighted by Gasteiger charge is 1.97. The van der Waals surface area contributed by atoms with E-state index in [1.807, 2.05) is 0 Å². The topological polar surface area (TPSA) is 43.1 Å². The number of benzene rings is 1. The van der Waals surface area contributed by atoms with E-state index in [-0.39, 0.29) is 5.82 Å². The number of hydrogen-bond donors (Lipinski definition) is 1. The van der Waals surface area contributed by atoms with E-state index in [2.05, 4.69) is 15.9 Å². The first-order valence-electron chi connectivity index (χ1n) is 3.52. The number of carbonyl (C=O) groups is 1. The molecule has 0 aliphatic carbocycles. The number of halogens is 2. The fourth-order valence-corrected chi connectivity index (χ4v) is 1.19. The molecule has 1 amide bonds. The van der Waals surface area contributed by atoms with Gasteiger partial charge in [0.05, 0.1) is 4.47 Å². The molecule has 0 fully saturated rings. The summed E-state index contributed by atoms with van der Waals surface area (Å²) in [6.45, 7) is 0. The van der Waals surface area contributed by atoms with E-state index in [9.17, 15) is 9.18 Å². The Balaban J connectivity index is 2.92. The molecule has 0 bridgehead atoms. The van der Waals surface area contributed by atoms with Gasteiger partial charge in [-0.05, 0) is 39.7 Å². The summed E-state index contributed by atoms with van der Waals surface area (Å²) >= 11 is 3.03. The van der Waals surface area contributed by atoms with Gasteiger partial charge in [0, 0.05) is 6.08 Å². The monoisotopic (exact) mass is 243 g/mol. The molecule has 0 saturated carbocycles. The lowest BCUT2D eigenvalue weighted by Gasteiger charge is -1.95. The first kappa shape index (κ1) is 9.92. The Labute approximate surface area is 83.4 Å². The van der Waals surface area contributed by atoms with E-state index in [1.165, 1.54) is 18.2 Å². The molecule has 0 unspecified atom stereocenters. The van der Waals surface area contributed by atoms with Gasteiger partial charge in [0.1, 0.15) is 5.82 Å². The predicted molar refractivity (Wildman–Crippen MR) is 52.3 cm³/mol. The Morgan fingerprint density at radius 2 is 2.23 bits per heavy atom. The Hall–Kier alpha value is -1.16. The summed E-state index contributed by atoms with van der Waals surface area (Å²) in [7, 11) is 0. The van der Waals surface area contributed by atoms with Crippen molar-refractivity contribution in [3.8, 4) is 0 Å². The van der Waals surface area contributed by atoms with Crippen LogP contribution in [0, 0.1) is 5.82 Å². The van der Waals surface area contributed by atoms with Gasteiger partial charge in [-0.1, -0.05) is 6.07 Å². The zero-order chi connectivity index (χ0) is 9.84. The molecule has 0 heterocycles. The third kappa shape index (κ3) is 2.99. The van der Waals surface area contributed by atoms with Gasteiger partial charge in [-0.3, -0.25) is 4.79 Å². The number of rotatable bonds is 2. The Bertz CT molecular complexity index is 363. The number of carbonyl (C=O) groups excluding carboxylic acids is 1. The van der Waals surface area contributed by atoms with Crippen LogP contribution < -0.4 is 5.73 Å². The minimum atomic E-state index is -0.527. The minimum Gasteiger partial charge on any atom is -0.366 e. The molecule has 0 aliphatic heterocycles. The summed E-state index contributed by atoms with van der Waals surface area (Å²) in [6, 6.07) is 4.43. The lowest BCUT2D eigenvalue weighted by molar-refractivity contribution is -0.113. The molecule has 0 aliphatic rings. The molecule has 0 spiro atoms. The molecular formula is C9H7BrFNO. The van der Waals surface area contributed by atoms with Crippen LogP contribution in [0.5, 0.6) is 0 Å². The van der Waals surface area contributed by atoms with Gasteiger partial charge in [-0.15, -0.1) is 0 Å². The van der Waals surface area contributed by atoms with Crippen molar-refractivity contribution in [1.29, 1.82) is 0 Å². The number of nitrogens with two attached hydrogens (primary N) is 1. The Morgan fingerprint density at radius 1 is 1.54 bits per heavy atom. The van der Waals surface area contributed by atoms with Crippen LogP contribution in [-0.4, -0.2) is 5.91 Å². The van der Waals surface area contributed by atoms with Crippen molar-refractivity contribution in [2.75, 3.05) is 0 Å². The molecule has 0 aromatic heterocycles.